The van der Waals surface area contributed by atoms with Gasteiger partial charge in [-0.2, -0.15) is 0 Å². The van der Waals surface area contributed by atoms with E-state index in [9.17, 15) is 0 Å². The quantitative estimate of drug-likeness (QED) is 0.588. The summed E-state index contributed by atoms with van der Waals surface area (Å²) >= 11 is 0. The minimum absolute atomic E-state index is 0.00503. The SMILES string of the molecule is CCOCC(CC)COC(CO)COCC. The molecule has 0 aromatic heterocycles. The highest BCUT2D eigenvalue weighted by Crippen LogP contribution is 2.06. The molecular formula is C12H26O4. The zero-order chi connectivity index (χ0) is 12.2. The lowest BCUT2D eigenvalue weighted by atomic mass is 10.1. The molecule has 0 aromatic rings. The van der Waals surface area contributed by atoms with Gasteiger partial charge < -0.3 is 19.3 Å². The molecule has 0 spiro atoms. The summed E-state index contributed by atoms with van der Waals surface area (Å²) in [5.74, 6) is 0.399. The molecule has 16 heavy (non-hydrogen) atoms. The molecule has 0 heterocycles. The Labute approximate surface area is 98.9 Å². The Morgan fingerprint density at radius 3 is 2.06 bits per heavy atom. The predicted octanol–water partition coefficient (Wildman–Crippen LogP) is 1.46. The summed E-state index contributed by atoms with van der Waals surface area (Å²) in [6.45, 7) is 9.22. The van der Waals surface area contributed by atoms with Crippen LogP contribution in [0.15, 0.2) is 0 Å². The zero-order valence-electron chi connectivity index (χ0n) is 10.8. The van der Waals surface area contributed by atoms with Crippen LogP contribution >= 0.6 is 0 Å². The van der Waals surface area contributed by atoms with Crippen LogP contribution in [0.4, 0.5) is 0 Å². The third kappa shape index (κ3) is 8.05. The molecule has 4 nitrogen and oxygen atoms in total. The van der Waals surface area contributed by atoms with Gasteiger partial charge in [-0.1, -0.05) is 6.92 Å². The molecule has 0 aromatic carbocycles. The lowest BCUT2D eigenvalue weighted by molar-refractivity contribution is -0.0601. The zero-order valence-corrected chi connectivity index (χ0v) is 10.8. The van der Waals surface area contributed by atoms with Gasteiger partial charge in [0.2, 0.25) is 0 Å². The third-order valence-corrected chi connectivity index (χ3v) is 2.41. The molecule has 4 heteroatoms. The molecule has 0 aliphatic heterocycles. The Bertz CT molecular complexity index is 125. The molecule has 0 saturated heterocycles. The fourth-order valence-electron chi connectivity index (χ4n) is 1.24. The van der Waals surface area contributed by atoms with E-state index in [0.29, 0.717) is 25.7 Å². The highest BCUT2D eigenvalue weighted by Gasteiger charge is 2.12. The van der Waals surface area contributed by atoms with Crippen molar-refractivity contribution >= 4 is 0 Å². The first kappa shape index (κ1) is 15.8. The summed E-state index contributed by atoms with van der Waals surface area (Å²) in [7, 11) is 0. The molecule has 0 rings (SSSR count). The van der Waals surface area contributed by atoms with Gasteiger partial charge in [0.1, 0.15) is 6.10 Å². The molecule has 0 radical (unpaired) electrons. The van der Waals surface area contributed by atoms with Crippen molar-refractivity contribution in [3.63, 3.8) is 0 Å². The van der Waals surface area contributed by atoms with E-state index >= 15 is 0 Å². The number of aliphatic hydroxyl groups excluding tert-OH is 1. The largest absolute Gasteiger partial charge is 0.394 e. The predicted molar refractivity (Wildman–Crippen MR) is 63.6 cm³/mol. The van der Waals surface area contributed by atoms with Gasteiger partial charge in [-0.15, -0.1) is 0 Å². The van der Waals surface area contributed by atoms with Crippen LogP contribution in [0.25, 0.3) is 0 Å². The van der Waals surface area contributed by atoms with Crippen molar-refractivity contribution in [1.29, 1.82) is 0 Å². The number of rotatable bonds is 11. The topological polar surface area (TPSA) is 47.9 Å². The second-order valence-corrected chi connectivity index (χ2v) is 3.73. The normalized spacial score (nSPS) is 15.0. The Morgan fingerprint density at radius 1 is 0.938 bits per heavy atom. The van der Waals surface area contributed by atoms with E-state index in [-0.39, 0.29) is 12.7 Å². The van der Waals surface area contributed by atoms with Crippen LogP contribution in [0, 0.1) is 5.92 Å². The van der Waals surface area contributed by atoms with Crippen LogP contribution in [-0.2, 0) is 14.2 Å². The van der Waals surface area contributed by atoms with Crippen molar-refractivity contribution in [1.82, 2.24) is 0 Å². The number of aliphatic hydroxyl groups is 1. The van der Waals surface area contributed by atoms with Crippen LogP contribution in [0.5, 0.6) is 0 Å². The molecule has 98 valence electrons. The minimum Gasteiger partial charge on any atom is -0.394 e. The lowest BCUT2D eigenvalue weighted by Gasteiger charge is -2.20. The van der Waals surface area contributed by atoms with E-state index < -0.39 is 0 Å². The molecule has 0 amide bonds. The van der Waals surface area contributed by atoms with Crippen molar-refractivity contribution in [2.75, 3.05) is 39.6 Å². The van der Waals surface area contributed by atoms with E-state index in [1.807, 2.05) is 13.8 Å². The van der Waals surface area contributed by atoms with Crippen molar-refractivity contribution < 1.29 is 19.3 Å². The molecule has 0 aliphatic rings. The van der Waals surface area contributed by atoms with Gasteiger partial charge in [0, 0.05) is 19.1 Å². The van der Waals surface area contributed by atoms with E-state index in [4.69, 9.17) is 19.3 Å². The molecule has 1 N–H and O–H groups in total. The first-order valence-electron chi connectivity index (χ1n) is 6.16. The number of hydrogen-bond acceptors (Lipinski definition) is 4. The fraction of sp³-hybridized carbons (Fsp3) is 1.00. The average Bonchev–Trinajstić information content (AvgIpc) is 2.33. The number of hydrogen-bond donors (Lipinski definition) is 1. The highest BCUT2D eigenvalue weighted by molar-refractivity contribution is 4.59. The summed E-state index contributed by atoms with van der Waals surface area (Å²) in [5, 5.41) is 9.08. The number of ether oxygens (including phenoxy) is 3. The summed E-state index contributed by atoms with van der Waals surface area (Å²) in [4.78, 5) is 0. The van der Waals surface area contributed by atoms with Crippen molar-refractivity contribution in [3.8, 4) is 0 Å². The maximum absolute atomic E-state index is 9.08. The van der Waals surface area contributed by atoms with Gasteiger partial charge in [-0.25, -0.2) is 0 Å². The third-order valence-electron chi connectivity index (χ3n) is 2.41. The van der Waals surface area contributed by atoms with Crippen molar-refractivity contribution in [2.24, 2.45) is 5.92 Å². The van der Waals surface area contributed by atoms with E-state index in [0.717, 1.165) is 19.6 Å². The van der Waals surface area contributed by atoms with Gasteiger partial charge in [0.15, 0.2) is 0 Å². The van der Waals surface area contributed by atoms with Crippen LogP contribution < -0.4 is 0 Å². The molecule has 0 fully saturated rings. The van der Waals surface area contributed by atoms with E-state index in [2.05, 4.69) is 6.92 Å². The Balaban J connectivity index is 3.69. The second-order valence-electron chi connectivity index (χ2n) is 3.73. The van der Waals surface area contributed by atoms with Crippen LogP contribution in [0.3, 0.4) is 0 Å². The van der Waals surface area contributed by atoms with Gasteiger partial charge in [0.05, 0.1) is 26.4 Å². The summed E-state index contributed by atoms with van der Waals surface area (Å²) < 4.78 is 16.2. The lowest BCUT2D eigenvalue weighted by Crippen LogP contribution is -2.28. The Kier molecular flexibility index (Phi) is 11.2. The second kappa shape index (κ2) is 11.3. The minimum atomic E-state index is -0.212. The Hall–Kier alpha value is -0.160. The summed E-state index contributed by atoms with van der Waals surface area (Å²) in [6.07, 6.45) is 0.808. The van der Waals surface area contributed by atoms with Gasteiger partial charge >= 0.3 is 0 Å². The van der Waals surface area contributed by atoms with Gasteiger partial charge in [-0.3, -0.25) is 0 Å². The maximum Gasteiger partial charge on any atom is 0.104 e. The first-order valence-corrected chi connectivity index (χ1v) is 6.16. The average molecular weight is 234 g/mol. The maximum atomic E-state index is 9.08. The monoisotopic (exact) mass is 234 g/mol. The molecular weight excluding hydrogens is 208 g/mol. The molecule has 0 aliphatic carbocycles. The van der Waals surface area contributed by atoms with Gasteiger partial charge in [-0.05, 0) is 20.3 Å². The van der Waals surface area contributed by atoms with Gasteiger partial charge in [0.25, 0.3) is 0 Å². The standard InChI is InChI=1S/C12H26O4/c1-4-11(8-14-5-2)9-16-12(7-13)10-15-6-3/h11-13H,4-10H2,1-3H3. The molecule has 2 atom stereocenters. The molecule has 2 unspecified atom stereocenters. The fourth-order valence-corrected chi connectivity index (χ4v) is 1.24. The van der Waals surface area contributed by atoms with Crippen molar-refractivity contribution in [3.05, 3.63) is 0 Å². The van der Waals surface area contributed by atoms with Crippen molar-refractivity contribution in [2.45, 2.75) is 33.3 Å². The Morgan fingerprint density at radius 2 is 1.56 bits per heavy atom. The summed E-state index contributed by atoms with van der Waals surface area (Å²) in [5.41, 5.74) is 0. The first-order chi connectivity index (χ1) is 7.78. The van der Waals surface area contributed by atoms with Crippen LogP contribution in [0.2, 0.25) is 0 Å². The molecule has 0 bridgehead atoms. The van der Waals surface area contributed by atoms with Crippen LogP contribution in [0.1, 0.15) is 27.2 Å². The highest BCUT2D eigenvalue weighted by atomic mass is 16.5. The molecule has 0 saturated carbocycles. The van der Waals surface area contributed by atoms with E-state index in [1.54, 1.807) is 0 Å². The van der Waals surface area contributed by atoms with E-state index in [1.165, 1.54) is 0 Å². The summed E-state index contributed by atoms with van der Waals surface area (Å²) in [6, 6.07) is 0. The smallest absolute Gasteiger partial charge is 0.104 e. The van der Waals surface area contributed by atoms with Crippen LogP contribution in [-0.4, -0.2) is 50.9 Å².